The van der Waals surface area contributed by atoms with Crippen molar-refractivity contribution >= 4 is 15.7 Å². The molecule has 3 N–H and O–H groups in total. The molecular formula is C14H29N3O3S. The summed E-state index contributed by atoms with van der Waals surface area (Å²) < 4.78 is 23.3. The summed E-state index contributed by atoms with van der Waals surface area (Å²) in [6, 6.07) is 0.694. The second-order valence-electron chi connectivity index (χ2n) is 6.46. The van der Waals surface area contributed by atoms with Crippen molar-refractivity contribution in [3.05, 3.63) is 0 Å². The van der Waals surface area contributed by atoms with E-state index in [1.54, 1.807) is 0 Å². The molecule has 0 saturated heterocycles. The molecule has 7 heteroatoms. The predicted molar refractivity (Wildman–Crippen MR) is 84.7 cm³/mol. The van der Waals surface area contributed by atoms with Crippen molar-refractivity contribution < 1.29 is 13.2 Å². The molecule has 0 spiro atoms. The van der Waals surface area contributed by atoms with Crippen LogP contribution in [-0.4, -0.2) is 63.0 Å². The van der Waals surface area contributed by atoms with Crippen LogP contribution >= 0.6 is 0 Å². The van der Waals surface area contributed by atoms with Crippen molar-refractivity contribution in [3.8, 4) is 0 Å². The maximum Gasteiger partial charge on any atom is 0.233 e. The van der Waals surface area contributed by atoms with Gasteiger partial charge in [-0.05, 0) is 46.1 Å². The van der Waals surface area contributed by atoms with Gasteiger partial charge in [0.1, 0.15) is 9.84 Å². The molecule has 3 unspecified atom stereocenters. The highest BCUT2D eigenvalue weighted by Crippen LogP contribution is 2.29. The number of hydrogen-bond acceptors (Lipinski definition) is 5. The second kappa shape index (κ2) is 7.56. The van der Waals surface area contributed by atoms with Gasteiger partial charge in [0, 0.05) is 24.4 Å². The van der Waals surface area contributed by atoms with E-state index in [1.165, 1.54) is 6.26 Å². The van der Waals surface area contributed by atoms with E-state index < -0.39 is 9.84 Å². The van der Waals surface area contributed by atoms with Crippen LogP contribution in [0.4, 0.5) is 0 Å². The van der Waals surface area contributed by atoms with E-state index in [2.05, 4.69) is 31.1 Å². The molecule has 1 saturated carbocycles. The van der Waals surface area contributed by atoms with Crippen molar-refractivity contribution in [1.29, 1.82) is 0 Å². The zero-order chi connectivity index (χ0) is 16.2. The first-order chi connectivity index (χ1) is 9.64. The van der Waals surface area contributed by atoms with Gasteiger partial charge < -0.3 is 16.0 Å². The molecule has 1 amide bonds. The van der Waals surface area contributed by atoms with Crippen LogP contribution in [0.5, 0.6) is 0 Å². The SMILES string of the molecule is CC(C)N(C)C1CCC(NC(=O)CN)C(CS(C)(=O)=O)C1. The Hall–Kier alpha value is -0.660. The van der Waals surface area contributed by atoms with Crippen LogP contribution in [0.3, 0.4) is 0 Å². The molecule has 0 heterocycles. The second-order valence-corrected chi connectivity index (χ2v) is 8.64. The Bertz CT molecular complexity index is 450. The summed E-state index contributed by atoms with van der Waals surface area (Å²) in [5.74, 6) is -0.144. The van der Waals surface area contributed by atoms with Gasteiger partial charge in [-0.25, -0.2) is 8.42 Å². The first-order valence-electron chi connectivity index (χ1n) is 7.53. The molecule has 0 aromatic heterocycles. The van der Waals surface area contributed by atoms with E-state index in [1.807, 2.05) is 0 Å². The van der Waals surface area contributed by atoms with Crippen molar-refractivity contribution in [3.63, 3.8) is 0 Å². The minimum atomic E-state index is -3.07. The van der Waals surface area contributed by atoms with Gasteiger partial charge in [-0.2, -0.15) is 0 Å². The highest BCUT2D eigenvalue weighted by Gasteiger charge is 2.35. The van der Waals surface area contributed by atoms with Crippen molar-refractivity contribution in [2.45, 2.75) is 51.2 Å². The van der Waals surface area contributed by atoms with E-state index in [-0.39, 0.29) is 30.2 Å². The van der Waals surface area contributed by atoms with Crippen LogP contribution in [0.2, 0.25) is 0 Å². The van der Waals surface area contributed by atoms with Gasteiger partial charge in [-0.15, -0.1) is 0 Å². The molecule has 124 valence electrons. The summed E-state index contributed by atoms with van der Waals surface area (Å²) >= 11 is 0. The van der Waals surface area contributed by atoms with Crippen LogP contribution in [0.1, 0.15) is 33.1 Å². The Morgan fingerprint density at radius 1 is 1.38 bits per heavy atom. The summed E-state index contributed by atoms with van der Waals surface area (Å²) in [5.41, 5.74) is 5.34. The molecule has 1 fully saturated rings. The minimum absolute atomic E-state index is 0.0459. The molecule has 1 aliphatic rings. The smallest absolute Gasteiger partial charge is 0.233 e. The lowest BCUT2D eigenvalue weighted by Crippen LogP contribution is -2.51. The maximum absolute atomic E-state index is 11.7. The van der Waals surface area contributed by atoms with Gasteiger partial charge in [-0.1, -0.05) is 0 Å². The van der Waals surface area contributed by atoms with Crippen molar-refractivity contribution in [2.75, 3.05) is 25.6 Å². The molecule has 0 aromatic carbocycles. The first-order valence-corrected chi connectivity index (χ1v) is 9.59. The molecule has 0 aromatic rings. The molecule has 0 aliphatic heterocycles. The first kappa shape index (κ1) is 18.4. The number of nitrogens with two attached hydrogens (primary N) is 1. The van der Waals surface area contributed by atoms with Crippen LogP contribution in [-0.2, 0) is 14.6 Å². The fraction of sp³-hybridized carbons (Fsp3) is 0.929. The van der Waals surface area contributed by atoms with Gasteiger partial charge in [0.05, 0.1) is 12.3 Å². The standard InChI is InChI=1S/C14H29N3O3S/c1-10(2)17(3)12-5-6-13(16-14(18)8-15)11(7-12)9-21(4,19)20/h10-13H,5-9,15H2,1-4H3,(H,16,18). The number of nitrogens with zero attached hydrogens (tertiary/aromatic N) is 1. The summed E-state index contributed by atoms with van der Waals surface area (Å²) in [5, 5.41) is 2.88. The number of sulfone groups is 1. The third-order valence-corrected chi connectivity index (χ3v) is 5.43. The largest absolute Gasteiger partial charge is 0.352 e. The summed E-state index contributed by atoms with van der Waals surface area (Å²) in [7, 11) is -0.995. The molecule has 6 nitrogen and oxygen atoms in total. The molecule has 1 aliphatic carbocycles. The molecule has 0 bridgehead atoms. The molecule has 21 heavy (non-hydrogen) atoms. The minimum Gasteiger partial charge on any atom is -0.352 e. The third kappa shape index (κ3) is 5.92. The van der Waals surface area contributed by atoms with Gasteiger partial charge in [0.25, 0.3) is 0 Å². The van der Waals surface area contributed by atoms with Gasteiger partial charge in [-0.3, -0.25) is 4.79 Å². The van der Waals surface area contributed by atoms with Crippen molar-refractivity contribution in [2.24, 2.45) is 11.7 Å². The van der Waals surface area contributed by atoms with Crippen LogP contribution in [0.25, 0.3) is 0 Å². The van der Waals surface area contributed by atoms with E-state index >= 15 is 0 Å². The average Bonchev–Trinajstić information content (AvgIpc) is 2.37. The van der Waals surface area contributed by atoms with Crippen LogP contribution in [0, 0.1) is 5.92 Å². The Morgan fingerprint density at radius 2 is 2.00 bits per heavy atom. The van der Waals surface area contributed by atoms with Crippen LogP contribution < -0.4 is 11.1 Å². The Morgan fingerprint density at radius 3 is 2.48 bits per heavy atom. The van der Waals surface area contributed by atoms with Crippen LogP contribution in [0.15, 0.2) is 0 Å². The molecule has 3 atom stereocenters. The number of carbonyl (C=O) groups excluding carboxylic acids is 1. The average molecular weight is 319 g/mol. The molecule has 1 rings (SSSR count). The van der Waals surface area contributed by atoms with E-state index in [0.717, 1.165) is 19.3 Å². The van der Waals surface area contributed by atoms with Gasteiger partial charge in [0.2, 0.25) is 5.91 Å². The lowest BCUT2D eigenvalue weighted by Gasteiger charge is -2.41. The summed E-state index contributed by atoms with van der Waals surface area (Å²) in [4.78, 5) is 13.8. The number of amides is 1. The Balaban J connectivity index is 2.80. The quantitative estimate of drug-likeness (QED) is 0.718. The van der Waals surface area contributed by atoms with E-state index in [0.29, 0.717) is 12.1 Å². The van der Waals surface area contributed by atoms with Crippen molar-refractivity contribution in [1.82, 2.24) is 10.2 Å². The topological polar surface area (TPSA) is 92.5 Å². The molecular weight excluding hydrogens is 290 g/mol. The fourth-order valence-electron chi connectivity index (χ4n) is 3.06. The van der Waals surface area contributed by atoms with E-state index in [4.69, 9.17) is 5.73 Å². The number of carbonyl (C=O) groups is 1. The zero-order valence-corrected chi connectivity index (χ0v) is 14.3. The summed E-state index contributed by atoms with van der Waals surface area (Å²) in [6.07, 6.45) is 3.81. The zero-order valence-electron chi connectivity index (χ0n) is 13.5. The monoisotopic (exact) mass is 319 g/mol. The highest BCUT2D eigenvalue weighted by molar-refractivity contribution is 7.90. The third-order valence-electron chi connectivity index (χ3n) is 4.39. The summed E-state index contributed by atoms with van der Waals surface area (Å²) in [6.45, 7) is 4.21. The number of nitrogens with one attached hydrogen (secondary N) is 1. The van der Waals surface area contributed by atoms with E-state index in [9.17, 15) is 13.2 Å². The Kier molecular flexibility index (Phi) is 6.62. The molecule has 0 radical (unpaired) electrons. The Labute approximate surface area is 128 Å². The number of hydrogen-bond donors (Lipinski definition) is 2. The predicted octanol–water partition coefficient (Wildman–Crippen LogP) is -0.0166. The highest BCUT2D eigenvalue weighted by atomic mass is 32.2. The van der Waals surface area contributed by atoms with Gasteiger partial charge >= 0.3 is 0 Å². The fourth-order valence-corrected chi connectivity index (χ4v) is 4.21. The lowest BCUT2D eigenvalue weighted by atomic mass is 9.81. The normalized spacial score (nSPS) is 27.1. The number of rotatable bonds is 6. The lowest BCUT2D eigenvalue weighted by molar-refractivity contribution is -0.121. The van der Waals surface area contributed by atoms with Gasteiger partial charge in [0.15, 0.2) is 0 Å². The maximum atomic E-state index is 11.7.